The number of aryl methyl sites for hydroxylation is 1. The molecule has 0 saturated carbocycles. The van der Waals surface area contributed by atoms with Gasteiger partial charge < -0.3 is 10.2 Å². The summed E-state index contributed by atoms with van der Waals surface area (Å²) in [7, 11) is 0. The Kier molecular flexibility index (Phi) is 7.87. The Bertz CT molecular complexity index is 350. The van der Waals surface area contributed by atoms with Gasteiger partial charge in [0, 0.05) is 0 Å². The van der Waals surface area contributed by atoms with Crippen molar-refractivity contribution in [1.29, 1.82) is 0 Å². The van der Waals surface area contributed by atoms with Crippen LogP contribution in [0.15, 0.2) is 30.3 Å². The average molecular weight is 246 g/mol. The van der Waals surface area contributed by atoms with Gasteiger partial charge in [0.05, 0.1) is 0 Å². The molecule has 0 atom stereocenters. The predicted octanol–water partition coefficient (Wildman–Crippen LogP) is 1.15. The van der Waals surface area contributed by atoms with Crippen LogP contribution in [0, 0.1) is 5.92 Å². The van der Waals surface area contributed by atoms with E-state index in [-0.39, 0.29) is 36.0 Å². The zero-order valence-corrected chi connectivity index (χ0v) is 8.80. The van der Waals surface area contributed by atoms with E-state index in [4.69, 9.17) is 10.2 Å². The Balaban J connectivity index is 0.00000256. The summed E-state index contributed by atoms with van der Waals surface area (Å²) in [5, 5.41) is 17.3. The van der Waals surface area contributed by atoms with Gasteiger partial charge in [-0.3, -0.25) is 9.59 Å². The van der Waals surface area contributed by atoms with E-state index in [0.29, 0.717) is 12.8 Å². The first-order chi connectivity index (χ1) is 7.61. The number of carbonyl (C=O) groups is 2. The average Bonchev–Trinajstić information content (AvgIpc) is 2.24. The van der Waals surface area contributed by atoms with E-state index in [2.05, 4.69) is 0 Å². The zero-order chi connectivity index (χ0) is 12.0. The van der Waals surface area contributed by atoms with Gasteiger partial charge in [-0.25, -0.2) is 0 Å². The van der Waals surface area contributed by atoms with Gasteiger partial charge in [-0.05, 0) is 24.8 Å². The fourth-order valence-electron chi connectivity index (χ4n) is 1.51. The molecule has 5 heteroatoms. The maximum atomic E-state index is 10.6. The third kappa shape index (κ3) is 5.86. The molecule has 0 saturated heterocycles. The SMILES string of the molecule is O=C(O)C(CCCc1ccccc1)C(=O)O.[NaH]. The molecular weight excluding hydrogens is 231 g/mol. The molecule has 0 spiro atoms. The molecule has 0 aliphatic rings. The molecule has 1 rings (SSSR count). The van der Waals surface area contributed by atoms with Crippen molar-refractivity contribution in [1.82, 2.24) is 0 Å². The molecule has 1 aromatic rings. The standard InChI is InChI=1S/C12H14O4.Na.H/c13-11(14)10(12(15)16)8-4-7-9-5-2-1-3-6-9;;/h1-3,5-6,10H,4,7-8H2,(H,13,14)(H,15,16);;. The molecule has 0 aromatic heterocycles. The first kappa shape index (κ1) is 16.2. The van der Waals surface area contributed by atoms with Crippen LogP contribution in [0.5, 0.6) is 0 Å². The summed E-state index contributed by atoms with van der Waals surface area (Å²) in [6, 6.07) is 9.59. The van der Waals surface area contributed by atoms with Crippen LogP contribution in [0.25, 0.3) is 0 Å². The fourth-order valence-corrected chi connectivity index (χ4v) is 1.51. The van der Waals surface area contributed by atoms with Gasteiger partial charge in [0.25, 0.3) is 0 Å². The minimum absolute atomic E-state index is 0. The summed E-state index contributed by atoms with van der Waals surface area (Å²) in [6.45, 7) is 0. The second kappa shape index (κ2) is 8.28. The molecule has 0 unspecified atom stereocenters. The number of benzene rings is 1. The molecule has 17 heavy (non-hydrogen) atoms. The van der Waals surface area contributed by atoms with E-state index in [1.165, 1.54) is 0 Å². The molecule has 0 amide bonds. The van der Waals surface area contributed by atoms with E-state index in [9.17, 15) is 9.59 Å². The maximum absolute atomic E-state index is 10.6. The van der Waals surface area contributed by atoms with Gasteiger partial charge >= 0.3 is 41.5 Å². The number of carboxylic acid groups (broad SMARTS) is 2. The van der Waals surface area contributed by atoms with Crippen molar-refractivity contribution >= 4 is 41.5 Å². The molecule has 1 aromatic carbocycles. The quantitative estimate of drug-likeness (QED) is 0.583. The number of aliphatic carboxylic acids is 2. The first-order valence-corrected chi connectivity index (χ1v) is 5.11. The zero-order valence-electron chi connectivity index (χ0n) is 8.80. The van der Waals surface area contributed by atoms with Crippen LogP contribution in [-0.4, -0.2) is 51.7 Å². The number of rotatable bonds is 6. The molecular formula is C12H15NaO4. The van der Waals surface area contributed by atoms with Crippen molar-refractivity contribution in [2.24, 2.45) is 5.92 Å². The summed E-state index contributed by atoms with van der Waals surface area (Å²) in [5.41, 5.74) is 1.09. The van der Waals surface area contributed by atoms with E-state index < -0.39 is 17.9 Å². The van der Waals surface area contributed by atoms with Crippen molar-refractivity contribution in [2.75, 3.05) is 0 Å². The van der Waals surface area contributed by atoms with Gasteiger partial charge in [-0.15, -0.1) is 0 Å². The van der Waals surface area contributed by atoms with Crippen LogP contribution < -0.4 is 0 Å². The fraction of sp³-hybridized carbons (Fsp3) is 0.333. The second-order valence-electron chi connectivity index (χ2n) is 3.61. The van der Waals surface area contributed by atoms with Crippen molar-refractivity contribution < 1.29 is 19.8 Å². The Morgan fingerprint density at radius 1 is 1.06 bits per heavy atom. The topological polar surface area (TPSA) is 74.6 Å². The summed E-state index contributed by atoms with van der Waals surface area (Å²) in [5.74, 6) is -3.81. The third-order valence-electron chi connectivity index (χ3n) is 2.40. The van der Waals surface area contributed by atoms with Gasteiger partial charge in [0.1, 0.15) is 0 Å². The first-order valence-electron chi connectivity index (χ1n) is 5.11. The number of carboxylic acids is 2. The van der Waals surface area contributed by atoms with Crippen LogP contribution in [0.2, 0.25) is 0 Å². The molecule has 2 N–H and O–H groups in total. The summed E-state index contributed by atoms with van der Waals surface area (Å²) >= 11 is 0. The Hall–Kier alpha value is -0.840. The van der Waals surface area contributed by atoms with Gasteiger partial charge in [-0.1, -0.05) is 30.3 Å². The van der Waals surface area contributed by atoms with E-state index in [1.54, 1.807) is 0 Å². The molecule has 0 heterocycles. The summed E-state index contributed by atoms with van der Waals surface area (Å²) < 4.78 is 0. The summed E-state index contributed by atoms with van der Waals surface area (Å²) in [4.78, 5) is 21.2. The Morgan fingerprint density at radius 2 is 1.59 bits per heavy atom. The number of hydrogen-bond acceptors (Lipinski definition) is 2. The second-order valence-corrected chi connectivity index (χ2v) is 3.61. The third-order valence-corrected chi connectivity index (χ3v) is 2.40. The van der Waals surface area contributed by atoms with E-state index in [0.717, 1.165) is 5.56 Å². The van der Waals surface area contributed by atoms with E-state index in [1.807, 2.05) is 30.3 Å². The summed E-state index contributed by atoms with van der Waals surface area (Å²) in [6.07, 6.45) is 1.44. The molecule has 0 aliphatic heterocycles. The predicted molar refractivity (Wildman–Crippen MR) is 65.3 cm³/mol. The molecule has 4 nitrogen and oxygen atoms in total. The van der Waals surface area contributed by atoms with Crippen molar-refractivity contribution in [2.45, 2.75) is 19.3 Å². The van der Waals surface area contributed by atoms with Gasteiger partial charge in [-0.2, -0.15) is 0 Å². The van der Waals surface area contributed by atoms with Crippen LogP contribution >= 0.6 is 0 Å². The van der Waals surface area contributed by atoms with Gasteiger partial charge in [0.15, 0.2) is 5.92 Å². The Labute approximate surface area is 122 Å². The molecule has 88 valence electrons. The van der Waals surface area contributed by atoms with Crippen molar-refractivity contribution in [3.05, 3.63) is 35.9 Å². The normalized spacial score (nSPS) is 9.71. The van der Waals surface area contributed by atoms with Crippen LogP contribution in [0.4, 0.5) is 0 Å². The van der Waals surface area contributed by atoms with Crippen LogP contribution in [0.3, 0.4) is 0 Å². The molecule has 0 fully saturated rings. The number of hydrogen-bond donors (Lipinski definition) is 2. The molecule has 0 bridgehead atoms. The van der Waals surface area contributed by atoms with Crippen molar-refractivity contribution in [3.63, 3.8) is 0 Å². The molecule has 0 aliphatic carbocycles. The Morgan fingerprint density at radius 3 is 2.06 bits per heavy atom. The van der Waals surface area contributed by atoms with Crippen molar-refractivity contribution in [3.8, 4) is 0 Å². The van der Waals surface area contributed by atoms with Crippen LogP contribution in [0.1, 0.15) is 18.4 Å². The van der Waals surface area contributed by atoms with E-state index >= 15 is 0 Å². The van der Waals surface area contributed by atoms with Crippen LogP contribution in [-0.2, 0) is 16.0 Å². The van der Waals surface area contributed by atoms with Gasteiger partial charge in [0.2, 0.25) is 0 Å². The minimum atomic E-state index is -1.29. The monoisotopic (exact) mass is 246 g/mol. The molecule has 0 radical (unpaired) electrons.